The quantitative estimate of drug-likeness (QED) is 0.701. The zero-order chi connectivity index (χ0) is 20.9. The number of nitrogens with zero attached hydrogens (tertiary/aromatic N) is 2. The number of para-hydroxylation sites is 2. The Labute approximate surface area is 174 Å². The fourth-order valence-electron chi connectivity index (χ4n) is 4.17. The SMILES string of the molecule is O=C(CN1c2cccc3cccc(c23)S1(=O)=O)Nc1ccccc1N1CCCC1=O. The van der Waals surface area contributed by atoms with Crippen LogP contribution in [0.15, 0.2) is 65.6 Å². The molecule has 2 aliphatic heterocycles. The van der Waals surface area contributed by atoms with Crippen LogP contribution >= 0.6 is 0 Å². The number of nitrogens with one attached hydrogen (secondary N) is 1. The minimum absolute atomic E-state index is 0.0148. The maximum atomic E-state index is 13.1. The Hall–Kier alpha value is -3.39. The smallest absolute Gasteiger partial charge is 0.265 e. The molecule has 3 aromatic rings. The Morgan fingerprint density at radius 3 is 2.47 bits per heavy atom. The van der Waals surface area contributed by atoms with Crippen LogP contribution in [0.4, 0.5) is 17.1 Å². The molecule has 0 unspecified atom stereocenters. The average Bonchev–Trinajstić information content (AvgIpc) is 3.25. The molecule has 0 spiro atoms. The molecule has 0 atom stereocenters. The van der Waals surface area contributed by atoms with Gasteiger partial charge in [0.15, 0.2) is 0 Å². The number of sulfonamides is 1. The van der Waals surface area contributed by atoms with E-state index in [9.17, 15) is 18.0 Å². The van der Waals surface area contributed by atoms with Gasteiger partial charge in [0.25, 0.3) is 10.0 Å². The second-order valence-corrected chi connectivity index (χ2v) is 9.19. The summed E-state index contributed by atoms with van der Waals surface area (Å²) in [6.07, 6.45) is 1.26. The van der Waals surface area contributed by atoms with Gasteiger partial charge in [0.2, 0.25) is 11.8 Å². The Morgan fingerprint density at radius 1 is 0.967 bits per heavy atom. The second-order valence-electron chi connectivity index (χ2n) is 7.36. The van der Waals surface area contributed by atoms with E-state index < -0.39 is 15.9 Å². The van der Waals surface area contributed by atoms with E-state index in [0.29, 0.717) is 35.4 Å². The summed E-state index contributed by atoms with van der Waals surface area (Å²) in [5.74, 6) is -0.455. The third kappa shape index (κ3) is 2.83. The van der Waals surface area contributed by atoms with Crippen molar-refractivity contribution in [3.05, 3.63) is 60.7 Å². The van der Waals surface area contributed by atoms with Crippen LogP contribution in [0, 0.1) is 0 Å². The zero-order valence-corrected chi connectivity index (χ0v) is 16.9. The molecule has 30 heavy (non-hydrogen) atoms. The van der Waals surface area contributed by atoms with Crippen molar-refractivity contribution < 1.29 is 18.0 Å². The van der Waals surface area contributed by atoms with Crippen molar-refractivity contribution in [3.63, 3.8) is 0 Å². The van der Waals surface area contributed by atoms with Crippen molar-refractivity contribution >= 4 is 49.7 Å². The summed E-state index contributed by atoms with van der Waals surface area (Å²) in [6.45, 7) is 0.252. The van der Waals surface area contributed by atoms with Crippen LogP contribution in [0.2, 0.25) is 0 Å². The Kier molecular flexibility index (Phi) is 4.25. The van der Waals surface area contributed by atoms with E-state index in [1.54, 1.807) is 53.4 Å². The Balaban J connectivity index is 1.44. The lowest BCUT2D eigenvalue weighted by atomic mass is 10.1. The maximum Gasteiger partial charge on any atom is 0.265 e. The van der Waals surface area contributed by atoms with Gasteiger partial charge in [-0.05, 0) is 36.1 Å². The van der Waals surface area contributed by atoms with Crippen molar-refractivity contribution in [2.24, 2.45) is 0 Å². The van der Waals surface area contributed by atoms with Gasteiger partial charge in [-0.25, -0.2) is 8.42 Å². The van der Waals surface area contributed by atoms with Gasteiger partial charge >= 0.3 is 0 Å². The van der Waals surface area contributed by atoms with Crippen molar-refractivity contribution in [3.8, 4) is 0 Å². The highest BCUT2D eigenvalue weighted by Gasteiger charge is 2.36. The number of rotatable bonds is 4. The summed E-state index contributed by atoms with van der Waals surface area (Å²) in [6, 6.07) is 17.5. The van der Waals surface area contributed by atoms with Gasteiger partial charge in [-0.1, -0.05) is 36.4 Å². The van der Waals surface area contributed by atoms with Gasteiger partial charge in [0, 0.05) is 18.4 Å². The first kappa shape index (κ1) is 18.6. The number of amides is 2. The molecule has 2 heterocycles. The molecule has 5 rings (SSSR count). The first-order chi connectivity index (χ1) is 14.5. The highest BCUT2D eigenvalue weighted by Crippen LogP contribution is 2.41. The topological polar surface area (TPSA) is 86.8 Å². The number of carbonyl (C=O) groups excluding carboxylic acids is 2. The molecule has 2 aliphatic rings. The van der Waals surface area contributed by atoms with Crippen LogP contribution in [0.3, 0.4) is 0 Å². The van der Waals surface area contributed by atoms with Crippen molar-refractivity contribution in [2.45, 2.75) is 17.7 Å². The summed E-state index contributed by atoms with van der Waals surface area (Å²) >= 11 is 0. The number of benzene rings is 3. The number of anilines is 3. The molecule has 0 radical (unpaired) electrons. The largest absolute Gasteiger partial charge is 0.323 e. The summed E-state index contributed by atoms with van der Waals surface area (Å²) in [7, 11) is -3.81. The normalized spacial score (nSPS) is 17.0. The van der Waals surface area contributed by atoms with Gasteiger partial charge in [-0.15, -0.1) is 0 Å². The minimum atomic E-state index is -3.81. The van der Waals surface area contributed by atoms with Crippen molar-refractivity contribution in [2.75, 3.05) is 27.6 Å². The van der Waals surface area contributed by atoms with Gasteiger partial charge in [-0.3, -0.25) is 13.9 Å². The summed E-state index contributed by atoms with van der Waals surface area (Å²) in [5, 5.41) is 4.24. The monoisotopic (exact) mass is 421 g/mol. The van der Waals surface area contributed by atoms with Crippen LogP contribution in [-0.4, -0.2) is 33.3 Å². The van der Waals surface area contributed by atoms with E-state index in [1.807, 2.05) is 12.1 Å². The van der Waals surface area contributed by atoms with Crippen LogP contribution < -0.4 is 14.5 Å². The first-order valence-corrected chi connectivity index (χ1v) is 11.1. The van der Waals surface area contributed by atoms with E-state index >= 15 is 0 Å². The van der Waals surface area contributed by atoms with Crippen LogP contribution in [0.25, 0.3) is 10.8 Å². The molecule has 2 amide bonds. The molecule has 0 aromatic heterocycles. The lowest BCUT2D eigenvalue weighted by molar-refractivity contribution is -0.117. The maximum absolute atomic E-state index is 13.1. The summed E-state index contributed by atoms with van der Waals surface area (Å²) < 4.78 is 27.3. The Morgan fingerprint density at radius 2 is 1.70 bits per heavy atom. The van der Waals surface area contributed by atoms with E-state index in [-0.39, 0.29) is 17.3 Å². The van der Waals surface area contributed by atoms with E-state index in [1.165, 1.54) is 0 Å². The molecule has 1 fully saturated rings. The highest BCUT2D eigenvalue weighted by atomic mass is 32.2. The second kappa shape index (κ2) is 6.84. The van der Waals surface area contributed by atoms with Gasteiger partial charge < -0.3 is 10.2 Å². The molecular weight excluding hydrogens is 402 g/mol. The van der Waals surface area contributed by atoms with E-state index in [0.717, 1.165) is 16.1 Å². The van der Waals surface area contributed by atoms with E-state index in [2.05, 4.69) is 5.32 Å². The van der Waals surface area contributed by atoms with Gasteiger partial charge in [0.1, 0.15) is 6.54 Å². The number of hydrogen-bond acceptors (Lipinski definition) is 4. The lowest BCUT2D eigenvalue weighted by Crippen LogP contribution is -2.36. The number of hydrogen-bond donors (Lipinski definition) is 1. The molecule has 0 aliphatic carbocycles. The van der Waals surface area contributed by atoms with Crippen LogP contribution in [0.5, 0.6) is 0 Å². The van der Waals surface area contributed by atoms with Crippen molar-refractivity contribution in [1.82, 2.24) is 0 Å². The fourth-order valence-corrected chi connectivity index (χ4v) is 5.83. The average molecular weight is 421 g/mol. The van der Waals surface area contributed by atoms with Crippen LogP contribution in [-0.2, 0) is 19.6 Å². The molecule has 1 saturated heterocycles. The third-order valence-corrected chi connectivity index (χ3v) is 7.31. The van der Waals surface area contributed by atoms with Gasteiger partial charge in [0.05, 0.1) is 22.0 Å². The molecular formula is C22H19N3O4S. The van der Waals surface area contributed by atoms with Gasteiger partial charge in [-0.2, -0.15) is 0 Å². The first-order valence-electron chi connectivity index (χ1n) is 9.70. The lowest BCUT2D eigenvalue weighted by Gasteiger charge is -2.22. The summed E-state index contributed by atoms with van der Waals surface area (Å²) in [5.41, 5.74) is 1.62. The predicted molar refractivity (Wildman–Crippen MR) is 115 cm³/mol. The predicted octanol–water partition coefficient (Wildman–Crippen LogP) is 3.11. The zero-order valence-electron chi connectivity index (χ0n) is 16.0. The standard InChI is InChI=1S/C22H19N3O4S/c26-20(23-16-8-1-2-9-17(16)24-13-5-12-21(24)27)14-25-18-10-3-6-15-7-4-11-19(22(15)18)30(25,28)29/h1-4,6-11H,5,12-14H2,(H,23,26). The molecule has 152 valence electrons. The number of carbonyl (C=O) groups is 2. The van der Waals surface area contributed by atoms with Crippen molar-refractivity contribution in [1.29, 1.82) is 0 Å². The summed E-state index contributed by atoms with van der Waals surface area (Å²) in [4.78, 5) is 26.9. The van der Waals surface area contributed by atoms with Crippen LogP contribution in [0.1, 0.15) is 12.8 Å². The molecule has 0 bridgehead atoms. The molecule has 1 N–H and O–H groups in total. The third-order valence-electron chi connectivity index (χ3n) is 5.51. The fraction of sp³-hybridized carbons (Fsp3) is 0.182. The minimum Gasteiger partial charge on any atom is -0.323 e. The highest BCUT2D eigenvalue weighted by molar-refractivity contribution is 7.93. The van der Waals surface area contributed by atoms with E-state index in [4.69, 9.17) is 0 Å². The molecule has 8 heteroatoms. The molecule has 3 aromatic carbocycles. The molecule has 7 nitrogen and oxygen atoms in total. The Bertz CT molecular complexity index is 1300. The molecule has 0 saturated carbocycles.